The van der Waals surface area contributed by atoms with Crippen molar-refractivity contribution in [1.29, 1.82) is 0 Å². The van der Waals surface area contributed by atoms with Crippen molar-refractivity contribution >= 4 is 0 Å². The van der Waals surface area contributed by atoms with Crippen molar-refractivity contribution in [1.82, 2.24) is 0 Å². The summed E-state index contributed by atoms with van der Waals surface area (Å²) in [5.41, 5.74) is 0. The normalized spacial score (nSPS) is 17.3. The third kappa shape index (κ3) is 4.29. The van der Waals surface area contributed by atoms with Crippen molar-refractivity contribution in [3.8, 4) is 0 Å². The van der Waals surface area contributed by atoms with E-state index in [0.29, 0.717) is 0 Å². The molecule has 0 saturated heterocycles. The van der Waals surface area contributed by atoms with Gasteiger partial charge in [-0.25, -0.2) is 4.39 Å². The molecule has 0 aliphatic heterocycles. The Kier molecular flexibility index (Phi) is 3.65. The van der Waals surface area contributed by atoms with E-state index in [1.54, 1.807) is 6.92 Å². The summed E-state index contributed by atoms with van der Waals surface area (Å²) in [5, 5.41) is 0. The minimum absolute atomic E-state index is 0.160. The van der Waals surface area contributed by atoms with Gasteiger partial charge in [-0.05, 0) is 6.92 Å². The summed E-state index contributed by atoms with van der Waals surface area (Å²) in [5.74, 6) is 0. The van der Waals surface area contributed by atoms with Gasteiger partial charge in [0.15, 0.2) is 6.86 Å². The highest BCUT2D eigenvalue weighted by Crippen LogP contribution is 2.12. The third-order valence-corrected chi connectivity index (χ3v) is 0.715. The van der Waals surface area contributed by atoms with Gasteiger partial charge in [0.25, 0.3) is 0 Å². The van der Waals surface area contributed by atoms with Crippen LogP contribution in [0.2, 0.25) is 0 Å². The van der Waals surface area contributed by atoms with Gasteiger partial charge in [0.1, 0.15) is 0 Å². The lowest BCUT2D eigenvalue weighted by Crippen LogP contribution is -2.26. The Morgan fingerprint density at radius 1 is 1.44 bits per heavy atom. The van der Waals surface area contributed by atoms with Gasteiger partial charge in [-0.15, -0.1) is 0 Å². The molecule has 2 nitrogen and oxygen atoms in total. The number of rotatable bonds is 4. The molecule has 0 aromatic rings. The molecule has 4 heteroatoms. The molecule has 0 bridgehead atoms. The molecule has 1 unspecified atom stereocenters. The predicted octanol–water partition coefficient (Wildman–Crippen LogP) is 1.61. The largest absolute Gasteiger partial charge is 0.324 e. The molecule has 0 aliphatic rings. The van der Waals surface area contributed by atoms with E-state index in [2.05, 4.69) is 9.47 Å². The van der Waals surface area contributed by atoms with Crippen LogP contribution in [0.4, 0.5) is 8.78 Å². The number of hydrogen-bond donors (Lipinski definition) is 0. The molecule has 0 saturated carbocycles. The van der Waals surface area contributed by atoms with Gasteiger partial charge in [0.2, 0.25) is 0 Å². The maximum atomic E-state index is 12.4. The topological polar surface area (TPSA) is 18.5 Å². The highest BCUT2D eigenvalue weighted by Gasteiger charge is 2.23. The summed E-state index contributed by atoms with van der Waals surface area (Å²) in [7, 11) is 0. The zero-order valence-electron chi connectivity index (χ0n) is 5.49. The van der Waals surface area contributed by atoms with Gasteiger partial charge in [-0.1, -0.05) is 0 Å². The number of ether oxygens (including phenoxy) is 2. The van der Waals surface area contributed by atoms with Crippen LogP contribution in [0.15, 0.2) is 0 Å². The summed E-state index contributed by atoms with van der Waals surface area (Å²) in [6.45, 7) is 1.59. The Balaban J connectivity index is 3.43. The first-order valence-electron chi connectivity index (χ1n) is 2.65. The maximum absolute atomic E-state index is 12.4. The van der Waals surface area contributed by atoms with Crippen LogP contribution in [0, 0.1) is 0 Å². The van der Waals surface area contributed by atoms with Crippen LogP contribution in [0.25, 0.3) is 0 Å². The lowest BCUT2D eigenvalue weighted by molar-refractivity contribution is -0.314. The van der Waals surface area contributed by atoms with E-state index in [1.807, 2.05) is 0 Å². The Labute approximate surface area is 52.8 Å². The zero-order valence-corrected chi connectivity index (χ0v) is 5.49. The molecule has 9 heavy (non-hydrogen) atoms. The average Bonchev–Trinajstić information content (AvgIpc) is 1.64. The molecule has 1 atom stereocenters. The molecule has 0 aliphatic carbocycles. The maximum Gasteiger partial charge on any atom is 0.319 e. The minimum atomic E-state index is -2.27. The van der Waals surface area contributed by atoms with Gasteiger partial charge in [-0.3, -0.25) is 4.74 Å². The van der Waals surface area contributed by atoms with Crippen LogP contribution >= 0.6 is 0 Å². The van der Waals surface area contributed by atoms with Gasteiger partial charge in [-0.2, -0.15) is 4.39 Å². The molecule has 0 fully saturated rings. The molecule has 0 spiro atoms. The Morgan fingerprint density at radius 2 is 2.00 bits per heavy atom. The third-order valence-electron chi connectivity index (χ3n) is 0.715. The summed E-state index contributed by atoms with van der Waals surface area (Å²) in [4.78, 5) is 0. The fourth-order valence-corrected chi connectivity index (χ4v) is 0.397. The zero-order chi connectivity index (χ0) is 7.33. The molecule has 0 amide bonds. The van der Waals surface area contributed by atoms with E-state index in [4.69, 9.17) is 0 Å². The molecule has 56 valence electrons. The first-order valence-corrected chi connectivity index (χ1v) is 2.65. The second kappa shape index (κ2) is 3.74. The molecule has 0 aromatic heterocycles. The number of hydrogen-bond acceptors (Lipinski definition) is 2. The molecular formula is C5H10F2O2. The lowest BCUT2D eigenvalue weighted by atomic mass is 10.7. The summed E-state index contributed by atoms with van der Waals surface area (Å²) in [6, 6.07) is -2.27. The predicted molar refractivity (Wildman–Crippen MR) is 28.2 cm³/mol. The highest BCUT2D eigenvalue weighted by molar-refractivity contribution is 4.39. The minimum Gasteiger partial charge on any atom is -0.324 e. The SMILES string of the molecule is CCOC(C)(F)OCF. The van der Waals surface area contributed by atoms with Gasteiger partial charge in [0, 0.05) is 13.5 Å². The van der Waals surface area contributed by atoms with E-state index in [9.17, 15) is 8.78 Å². The molecule has 0 N–H and O–H groups in total. The van der Waals surface area contributed by atoms with Crippen LogP contribution in [0.3, 0.4) is 0 Å². The van der Waals surface area contributed by atoms with Crippen molar-refractivity contribution in [2.24, 2.45) is 0 Å². The monoisotopic (exact) mass is 140 g/mol. The fraction of sp³-hybridized carbons (Fsp3) is 1.00. The Morgan fingerprint density at radius 3 is 2.33 bits per heavy atom. The smallest absolute Gasteiger partial charge is 0.319 e. The highest BCUT2D eigenvalue weighted by atomic mass is 19.2. The second-order valence-electron chi connectivity index (χ2n) is 1.52. The summed E-state index contributed by atoms with van der Waals surface area (Å²) in [6.07, 6.45) is 0. The van der Waals surface area contributed by atoms with Crippen molar-refractivity contribution in [3.63, 3.8) is 0 Å². The first kappa shape index (κ1) is 8.78. The summed E-state index contributed by atoms with van der Waals surface area (Å²) < 4.78 is 31.9. The van der Waals surface area contributed by atoms with Crippen molar-refractivity contribution in [3.05, 3.63) is 0 Å². The van der Waals surface area contributed by atoms with Crippen LogP contribution in [0.1, 0.15) is 13.8 Å². The van der Waals surface area contributed by atoms with Crippen LogP contribution < -0.4 is 0 Å². The van der Waals surface area contributed by atoms with E-state index in [0.717, 1.165) is 6.92 Å². The quantitative estimate of drug-likeness (QED) is 0.552. The average molecular weight is 140 g/mol. The molecule has 0 radical (unpaired) electrons. The van der Waals surface area contributed by atoms with Crippen molar-refractivity contribution < 1.29 is 18.3 Å². The molecule has 0 rings (SSSR count). The Bertz CT molecular complexity index is 67.4. The van der Waals surface area contributed by atoms with Gasteiger partial charge in [0.05, 0.1) is 0 Å². The standard InChI is InChI=1S/C5H10F2O2/c1-3-8-5(2,7)9-4-6/h3-4H2,1-2H3. The molecule has 0 heterocycles. The van der Waals surface area contributed by atoms with Crippen molar-refractivity contribution in [2.45, 2.75) is 19.9 Å². The summed E-state index contributed by atoms with van der Waals surface area (Å²) >= 11 is 0. The second-order valence-corrected chi connectivity index (χ2v) is 1.52. The molecular weight excluding hydrogens is 130 g/mol. The van der Waals surface area contributed by atoms with E-state index in [1.165, 1.54) is 0 Å². The van der Waals surface area contributed by atoms with Crippen molar-refractivity contribution in [2.75, 3.05) is 13.5 Å². The van der Waals surface area contributed by atoms with Crippen LogP contribution in [-0.4, -0.2) is 19.5 Å². The van der Waals surface area contributed by atoms with Crippen LogP contribution in [0.5, 0.6) is 0 Å². The van der Waals surface area contributed by atoms with Gasteiger partial charge < -0.3 is 4.74 Å². The lowest BCUT2D eigenvalue weighted by Gasteiger charge is -2.17. The van der Waals surface area contributed by atoms with E-state index >= 15 is 0 Å². The molecule has 0 aromatic carbocycles. The number of alkyl halides is 2. The Hall–Kier alpha value is -0.220. The first-order chi connectivity index (χ1) is 4.12. The number of halogens is 2. The van der Waals surface area contributed by atoms with E-state index < -0.39 is 12.9 Å². The van der Waals surface area contributed by atoms with Crippen LogP contribution in [-0.2, 0) is 9.47 Å². The van der Waals surface area contributed by atoms with E-state index in [-0.39, 0.29) is 6.61 Å². The van der Waals surface area contributed by atoms with Gasteiger partial charge >= 0.3 is 6.04 Å². The fourth-order valence-electron chi connectivity index (χ4n) is 0.397.